The molecule has 1 unspecified atom stereocenters. The van der Waals surface area contributed by atoms with E-state index in [0.29, 0.717) is 56.0 Å². The van der Waals surface area contributed by atoms with Gasteiger partial charge in [0.2, 0.25) is 0 Å². The molecule has 0 radical (unpaired) electrons. The minimum absolute atomic E-state index is 0.149. The van der Waals surface area contributed by atoms with Crippen LogP contribution in [0.1, 0.15) is 42.2 Å². The summed E-state index contributed by atoms with van der Waals surface area (Å²) in [6.45, 7) is 6.38. The van der Waals surface area contributed by atoms with Gasteiger partial charge in [0, 0.05) is 50.5 Å². The van der Waals surface area contributed by atoms with Crippen LogP contribution in [0.3, 0.4) is 0 Å². The monoisotopic (exact) mass is 526 g/mol. The van der Waals surface area contributed by atoms with Gasteiger partial charge < -0.3 is 15.0 Å². The highest BCUT2D eigenvalue weighted by molar-refractivity contribution is 5.95. The first kappa shape index (κ1) is 27.3. The number of carbonyl (C=O) groups is 3. The molecule has 0 bridgehead atoms. The van der Waals surface area contributed by atoms with Crippen LogP contribution in [0.4, 0.5) is 13.6 Å². The number of nitrogens with one attached hydrogen (secondary N) is 1. The maximum Gasteiger partial charge on any atom is 0.338 e. The lowest BCUT2D eigenvalue weighted by atomic mass is 9.94. The van der Waals surface area contributed by atoms with Crippen LogP contribution in [0.15, 0.2) is 59.8 Å². The molecule has 1 atom stereocenters. The molecule has 2 aliphatic rings. The Bertz CT molecular complexity index is 1220. The third-order valence-corrected chi connectivity index (χ3v) is 6.77. The lowest BCUT2D eigenvalue weighted by molar-refractivity contribution is -0.139. The molecular weight excluding hydrogens is 494 g/mol. The smallest absolute Gasteiger partial charge is 0.338 e. The minimum Gasteiger partial charge on any atom is -0.463 e. The van der Waals surface area contributed by atoms with E-state index < -0.39 is 23.6 Å². The van der Waals surface area contributed by atoms with Gasteiger partial charge in [0.1, 0.15) is 11.6 Å². The number of rotatable bonds is 7. The first-order valence-electron chi connectivity index (χ1n) is 12.8. The summed E-state index contributed by atoms with van der Waals surface area (Å²) in [5.74, 6) is -1.62. The Morgan fingerprint density at radius 1 is 1.00 bits per heavy atom. The number of amides is 3. The summed E-state index contributed by atoms with van der Waals surface area (Å²) in [4.78, 5) is 44.6. The third-order valence-electron chi connectivity index (χ3n) is 6.77. The zero-order chi connectivity index (χ0) is 27.2. The fraction of sp³-hybridized carbons (Fsp3) is 0.393. The fourth-order valence-electron chi connectivity index (χ4n) is 4.91. The Hall–Kier alpha value is -3.79. The van der Waals surface area contributed by atoms with Crippen LogP contribution in [-0.4, -0.2) is 78.5 Å². The molecule has 4 rings (SSSR count). The van der Waals surface area contributed by atoms with E-state index in [1.165, 1.54) is 47.4 Å². The highest BCUT2D eigenvalue weighted by Gasteiger charge is 2.38. The van der Waals surface area contributed by atoms with Crippen molar-refractivity contribution in [3.05, 3.63) is 82.6 Å². The van der Waals surface area contributed by atoms with Crippen LogP contribution < -0.4 is 5.32 Å². The van der Waals surface area contributed by atoms with Crippen LogP contribution in [0.25, 0.3) is 0 Å². The zero-order valence-electron chi connectivity index (χ0n) is 21.6. The predicted molar refractivity (Wildman–Crippen MR) is 137 cm³/mol. The topological polar surface area (TPSA) is 82.2 Å². The summed E-state index contributed by atoms with van der Waals surface area (Å²) in [6, 6.07) is 10.0. The molecule has 3 amide bonds. The van der Waals surface area contributed by atoms with Gasteiger partial charge in [-0.1, -0.05) is 12.1 Å². The maximum absolute atomic E-state index is 14.1. The van der Waals surface area contributed by atoms with Crippen molar-refractivity contribution in [2.75, 3.05) is 45.9 Å². The average Bonchev–Trinajstić information content (AvgIpc) is 3.14. The van der Waals surface area contributed by atoms with E-state index >= 15 is 0 Å². The molecule has 1 N–H and O–H groups in total. The van der Waals surface area contributed by atoms with E-state index in [-0.39, 0.29) is 30.7 Å². The summed E-state index contributed by atoms with van der Waals surface area (Å²) in [6.07, 6.45) is 0.681. The lowest BCUT2D eigenvalue weighted by Crippen LogP contribution is -2.51. The molecule has 2 aromatic carbocycles. The van der Waals surface area contributed by atoms with Gasteiger partial charge >= 0.3 is 12.0 Å². The Morgan fingerprint density at radius 3 is 2.45 bits per heavy atom. The largest absolute Gasteiger partial charge is 0.463 e. The maximum atomic E-state index is 14.1. The first-order chi connectivity index (χ1) is 18.3. The molecule has 2 aliphatic heterocycles. The molecule has 0 saturated carbocycles. The van der Waals surface area contributed by atoms with Gasteiger partial charge in [0.25, 0.3) is 5.91 Å². The molecule has 202 valence electrons. The van der Waals surface area contributed by atoms with Gasteiger partial charge in [0.15, 0.2) is 0 Å². The van der Waals surface area contributed by atoms with Crippen molar-refractivity contribution in [2.24, 2.45) is 0 Å². The third kappa shape index (κ3) is 6.02. The highest BCUT2D eigenvalue weighted by Crippen LogP contribution is 2.32. The van der Waals surface area contributed by atoms with Crippen molar-refractivity contribution >= 4 is 17.9 Å². The van der Waals surface area contributed by atoms with Gasteiger partial charge in [-0.15, -0.1) is 0 Å². The molecule has 38 heavy (non-hydrogen) atoms. The Kier molecular flexibility index (Phi) is 8.73. The molecular formula is C28H32F2N4O4. The number of nitrogens with zero attached hydrogens (tertiary/aromatic N) is 3. The van der Waals surface area contributed by atoms with Crippen molar-refractivity contribution in [3.63, 3.8) is 0 Å². The van der Waals surface area contributed by atoms with Crippen LogP contribution in [0.2, 0.25) is 0 Å². The predicted octanol–water partition coefficient (Wildman–Crippen LogP) is 3.72. The number of esters is 1. The van der Waals surface area contributed by atoms with Gasteiger partial charge in [-0.2, -0.15) is 0 Å². The molecule has 0 aliphatic carbocycles. The number of urea groups is 1. The van der Waals surface area contributed by atoms with Gasteiger partial charge in [-0.25, -0.2) is 18.4 Å². The number of likely N-dealkylation sites (N-methyl/N-ethyl adjacent to an activating group) is 1. The molecule has 2 aromatic rings. The van der Waals surface area contributed by atoms with Crippen LogP contribution in [-0.2, 0) is 9.53 Å². The Balaban J connectivity index is 1.62. The Labute approximate surface area is 220 Å². The first-order valence-corrected chi connectivity index (χ1v) is 12.8. The molecule has 0 spiro atoms. The summed E-state index contributed by atoms with van der Waals surface area (Å²) in [5, 5.41) is 2.84. The number of hydrogen-bond acceptors (Lipinski definition) is 5. The molecule has 1 saturated heterocycles. The number of ether oxygens (including phenoxy) is 1. The van der Waals surface area contributed by atoms with Crippen LogP contribution in [0, 0.1) is 11.6 Å². The van der Waals surface area contributed by atoms with E-state index in [4.69, 9.17) is 4.74 Å². The molecule has 2 heterocycles. The molecule has 0 aromatic heterocycles. The number of carbonyl (C=O) groups excluding carboxylic acids is 3. The second-order valence-corrected chi connectivity index (χ2v) is 9.19. The van der Waals surface area contributed by atoms with Gasteiger partial charge in [0.05, 0.1) is 18.2 Å². The van der Waals surface area contributed by atoms with E-state index in [1.807, 2.05) is 6.92 Å². The fourth-order valence-corrected chi connectivity index (χ4v) is 4.91. The summed E-state index contributed by atoms with van der Waals surface area (Å²) in [5.41, 5.74) is 1.64. The second kappa shape index (κ2) is 12.2. The normalized spacial score (nSPS) is 18.7. The van der Waals surface area contributed by atoms with Crippen molar-refractivity contribution in [1.82, 2.24) is 20.0 Å². The lowest BCUT2D eigenvalue weighted by Gasteiger charge is -2.38. The quantitative estimate of drug-likeness (QED) is 0.557. The number of hydrogen-bond donors (Lipinski definition) is 1. The van der Waals surface area contributed by atoms with Crippen LogP contribution in [0.5, 0.6) is 0 Å². The standard InChI is InChI=1S/C28H32F2N4O4/c1-3-34-23(18-32-13-6-14-33(16-15-32)26(35)19-9-11-21(29)12-10-19)24(27(36)38-4-2)25(31-28(34)37)20-7-5-8-22(30)17-20/h5,7-12,17,25H,3-4,6,13-16,18H2,1-2H3,(H,31,37). The minimum atomic E-state index is -0.862. The zero-order valence-corrected chi connectivity index (χ0v) is 21.6. The van der Waals surface area contributed by atoms with E-state index in [2.05, 4.69) is 10.2 Å². The molecule has 1 fully saturated rings. The van der Waals surface area contributed by atoms with Crippen molar-refractivity contribution < 1.29 is 27.9 Å². The van der Waals surface area contributed by atoms with Crippen LogP contribution >= 0.6 is 0 Å². The van der Waals surface area contributed by atoms with E-state index in [1.54, 1.807) is 17.9 Å². The highest BCUT2D eigenvalue weighted by atomic mass is 19.1. The summed E-state index contributed by atoms with van der Waals surface area (Å²) < 4.78 is 32.8. The summed E-state index contributed by atoms with van der Waals surface area (Å²) >= 11 is 0. The van der Waals surface area contributed by atoms with Crippen molar-refractivity contribution in [3.8, 4) is 0 Å². The second-order valence-electron chi connectivity index (χ2n) is 9.19. The van der Waals surface area contributed by atoms with Gasteiger partial charge in [-0.3, -0.25) is 14.6 Å². The summed E-state index contributed by atoms with van der Waals surface area (Å²) in [7, 11) is 0. The van der Waals surface area contributed by atoms with E-state index in [0.717, 1.165) is 0 Å². The molecule has 8 nitrogen and oxygen atoms in total. The number of halogens is 2. The number of benzene rings is 2. The van der Waals surface area contributed by atoms with E-state index in [9.17, 15) is 23.2 Å². The van der Waals surface area contributed by atoms with Crippen molar-refractivity contribution in [2.45, 2.75) is 26.3 Å². The SMILES string of the molecule is CCOC(=O)C1=C(CN2CCCN(C(=O)c3ccc(F)cc3)CC2)N(CC)C(=O)NC1c1cccc(F)c1. The Morgan fingerprint density at radius 2 is 1.76 bits per heavy atom. The average molecular weight is 527 g/mol. The van der Waals surface area contributed by atoms with Crippen molar-refractivity contribution in [1.29, 1.82) is 0 Å². The molecule has 10 heteroatoms. The van der Waals surface area contributed by atoms with Gasteiger partial charge in [-0.05, 0) is 62.2 Å².